The van der Waals surface area contributed by atoms with Gasteiger partial charge in [0.05, 0.1) is 23.5 Å². The second-order valence-corrected chi connectivity index (χ2v) is 7.28. The lowest BCUT2D eigenvalue weighted by atomic mass is 9.78. The lowest BCUT2D eigenvalue weighted by Gasteiger charge is -2.39. The summed E-state index contributed by atoms with van der Waals surface area (Å²) in [5, 5.41) is 10.5. The number of fused-ring (bicyclic) bond motifs is 1. The van der Waals surface area contributed by atoms with Gasteiger partial charge < -0.3 is 10.2 Å². The molecule has 3 aromatic rings. The van der Waals surface area contributed by atoms with Gasteiger partial charge in [-0.15, -0.1) is 0 Å². The zero-order valence-electron chi connectivity index (χ0n) is 14.4. The highest BCUT2D eigenvalue weighted by atomic mass is 19.1. The first kappa shape index (κ1) is 15.6. The second-order valence-electron chi connectivity index (χ2n) is 7.28. The van der Waals surface area contributed by atoms with Gasteiger partial charge in [0.25, 0.3) is 0 Å². The number of hydrogen-bond acceptors (Lipinski definition) is 6. The summed E-state index contributed by atoms with van der Waals surface area (Å²) in [6.07, 6.45) is 8.42. The van der Waals surface area contributed by atoms with Crippen LogP contribution in [0.3, 0.4) is 0 Å². The van der Waals surface area contributed by atoms with Crippen molar-refractivity contribution in [3.63, 3.8) is 0 Å². The van der Waals surface area contributed by atoms with Gasteiger partial charge in [-0.2, -0.15) is 9.49 Å². The number of aromatic nitrogens is 5. The Labute approximate surface area is 150 Å². The minimum atomic E-state index is -0.520. The first-order chi connectivity index (χ1) is 12.7. The van der Waals surface area contributed by atoms with Crippen LogP contribution in [0.4, 0.5) is 10.2 Å². The highest BCUT2D eigenvalue weighted by molar-refractivity contribution is 5.90. The summed E-state index contributed by atoms with van der Waals surface area (Å²) in [7, 11) is 0. The molecular formula is C18H20FN7. The molecule has 0 saturated carbocycles. The van der Waals surface area contributed by atoms with Gasteiger partial charge in [-0.3, -0.25) is 10.1 Å². The van der Waals surface area contributed by atoms with Crippen molar-refractivity contribution in [2.24, 2.45) is 5.41 Å². The molecule has 5 heterocycles. The van der Waals surface area contributed by atoms with Crippen LogP contribution in [0.5, 0.6) is 0 Å². The Kier molecular flexibility index (Phi) is 3.59. The van der Waals surface area contributed by atoms with Crippen LogP contribution < -0.4 is 10.2 Å². The normalized spacial score (nSPS) is 19.5. The van der Waals surface area contributed by atoms with Crippen molar-refractivity contribution in [2.75, 3.05) is 31.1 Å². The number of nitrogens with zero attached hydrogens (tertiary/aromatic N) is 5. The van der Waals surface area contributed by atoms with E-state index in [0.717, 1.165) is 55.7 Å². The molecule has 0 bridgehead atoms. The number of piperidine rings is 1. The summed E-state index contributed by atoms with van der Waals surface area (Å²) in [6.45, 7) is 4.12. The van der Waals surface area contributed by atoms with E-state index in [1.807, 2.05) is 6.07 Å². The molecule has 26 heavy (non-hydrogen) atoms. The van der Waals surface area contributed by atoms with Crippen molar-refractivity contribution in [1.29, 1.82) is 0 Å². The van der Waals surface area contributed by atoms with Gasteiger partial charge in [-0.1, -0.05) is 0 Å². The average molecular weight is 353 g/mol. The topological polar surface area (TPSA) is 82.6 Å². The van der Waals surface area contributed by atoms with Crippen LogP contribution in [0.25, 0.3) is 22.3 Å². The van der Waals surface area contributed by atoms with Crippen LogP contribution in [0, 0.1) is 11.4 Å². The minimum absolute atomic E-state index is 0.283. The van der Waals surface area contributed by atoms with Gasteiger partial charge >= 0.3 is 0 Å². The maximum absolute atomic E-state index is 14.0. The first-order valence-electron chi connectivity index (χ1n) is 9.01. The van der Waals surface area contributed by atoms with E-state index < -0.39 is 5.95 Å². The lowest BCUT2D eigenvalue weighted by Crippen LogP contribution is -2.41. The molecule has 0 radical (unpaired) electrons. The number of H-pyrrole nitrogens is 1. The molecule has 7 nitrogen and oxygen atoms in total. The van der Waals surface area contributed by atoms with Crippen LogP contribution in [-0.2, 0) is 0 Å². The van der Waals surface area contributed by atoms with Crippen LogP contribution >= 0.6 is 0 Å². The number of halogens is 1. The highest BCUT2D eigenvalue weighted by Crippen LogP contribution is 2.39. The standard InChI is InChI=1S/C18H20FN7/c19-15-13(9-22-25-15)16-23-14-10-20-5-1-12(14)17(24-16)26-7-3-18(4-8-26)2-6-21-11-18/h1,5,9-10,21H,2-4,6-8,11H2,(H,22,25). The number of rotatable bonds is 2. The maximum Gasteiger partial charge on any atom is 0.219 e. The van der Waals surface area contributed by atoms with E-state index >= 15 is 0 Å². The number of aromatic amines is 1. The smallest absolute Gasteiger partial charge is 0.219 e. The monoisotopic (exact) mass is 353 g/mol. The fourth-order valence-corrected chi connectivity index (χ4v) is 4.17. The second kappa shape index (κ2) is 5.98. The largest absolute Gasteiger partial charge is 0.356 e. The molecule has 5 rings (SSSR count). The number of nitrogens with one attached hydrogen (secondary N) is 2. The highest BCUT2D eigenvalue weighted by Gasteiger charge is 2.37. The van der Waals surface area contributed by atoms with E-state index in [1.54, 1.807) is 12.4 Å². The number of anilines is 1. The van der Waals surface area contributed by atoms with E-state index in [1.165, 1.54) is 12.6 Å². The van der Waals surface area contributed by atoms with Gasteiger partial charge in [0, 0.05) is 31.2 Å². The Balaban J connectivity index is 1.55. The quantitative estimate of drug-likeness (QED) is 0.734. The van der Waals surface area contributed by atoms with Gasteiger partial charge in [0.2, 0.25) is 5.95 Å². The molecule has 2 N–H and O–H groups in total. The molecule has 0 amide bonds. The van der Waals surface area contributed by atoms with Crippen molar-refractivity contribution >= 4 is 16.7 Å². The van der Waals surface area contributed by atoms with Crippen molar-refractivity contribution < 1.29 is 4.39 Å². The van der Waals surface area contributed by atoms with Crippen molar-refractivity contribution in [1.82, 2.24) is 30.5 Å². The number of pyridine rings is 1. The molecule has 134 valence electrons. The Morgan fingerprint density at radius 2 is 2.00 bits per heavy atom. The fourth-order valence-electron chi connectivity index (χ4n) is 4.17. The number of hydrogen-bond donors (Lipinski definition) is 2. The van der Waals surface area contributed by atoms with E-state index in [0.29, 0.717) is 11.2 Å². The molecule has 0 atom stereocenters. The molecule has 3 aromatic heterocycles. The summed E-state index contributed by atoms with van der Waals surface area (Å²) < 4.78 is 14.0. The first-order valence-corrected chi connectivity index (χ1v) is 9.01. The van der Waals surface area contributed by atoms with Crippen molar-refractivity contribution in [3.8, 4) is 11.4 Å². The molecule has 0 unspecified atom stereocenters. The van der Waals surface area contributed by atoms with Crippen molar-refractivity contribution in [3.05, 3.63) is 30.6 Å². The van der Waals surface area contributed by atoms with Crippen LogP contribution in [-0.4, -0.2) is 51.3 Å². The summed E-state index contributed by atoms with van der Waals surface area (Å²) in [5.41, 5.74) is 1.43. The van der Waals surface area contributed by atoms with E-state index in [2.05, 4.69) is 30.4 Å². The lowest BCUT2D eigenvalue weighted by molar-refractivity contribution is 0.247. The SMILES string of the molecule is Fc1[nH]ncc1-c1nc(N2CCC3(CCNC3)CC2)c2ccncc2n1. The molecule has 2 aliphatic heterocycles. The van der Waals surface area contributed by atoms with Crippen molar-refractivity contribution in [2.45, 2.75) is 19.3 Å². The van der Waals surface area contributed by atoms with Gasteiger partial charge in [0.1, 0.15) is 5.82 Å². The summed E-state index contributed by atoms with van der Waals surface area (Å²) in [4.78, 5) is 15.7. The molecule has 0 aliphatic carbocycles. The molecule has 0 aromatic carbocycles. The Morgan fingerprint density at radius 3 is 2.73 bits per heavy atom. The average Bonchev–Trinajstić information content (AvgIpc) is 3.31. The zero-order chi connectivity index (χ0) is 17.6. The third kappa shape index (κ3) is 2.52. The molecule has 2 aliphatic rings. The minimum Gasteiger partial charge on any atom is -0.356 e. The van der Waals surface area contributed by atoms with Gasteiger partial charge in [-0.05, 0) is 37.3 Å². The molecule has 2 saturated heterocycles. The van der Waals surface area contributed by atoms with Crippen LogP contribution in [0.2, 0.25) is 0 Å². The summed E-state index contributed by atoms with van der Waals surface area (Å²) >= 11 is 0. The van der Waals surface area contributed by atoms with Crippen LogP contribution in [0.1, 0.15) is 19.3 Å². The van der Waals surface area contributed by atoms with Crippen LogP contribution in [0.15, 0.2) is 24.7 Å². The Hall–Kier alpha value is -2.61. The summed E-state index contributed by atoms with van der Waals surface area (Å²) in [5.74, 6) is 0.678. The molecular weight excluding hydrogens is 333 g/mol. The predicted octanol–water partition coefficient (Wildman–Crippen LogP) is 2.13. The summed E-state index contributed by atoms with van der Waals surface area (Å²) in [6, 6.07) is 1.93. The van der Waals surface area contributed by atoms with Gasteiger partial charge in [-0.25, -0.2) is 9.97 Å². The van der Waals surface area contributed by atoms with Gasteiger partial charge in [0.15, 0.2) is 5.82 Å². The molecule has 2 fully saturated rings. The van der Waals surface area contributed by atoms with E-state index in [4.69, 9.17) is 4.98 Å². The molecule has 8 heteroatoms. The van der Waals surface area contributed by atoms with E-state index in [-0.39, 0.29) is 5.56 Å². The van der Waals surface area contributed by atoms with E-state index in [9.17, 15) is 4.39 Å². The fraction of sp³-hybridized carbons (Fsp3) is 0.444. The zero-order valence-corrected chi connectivity index (χ0v) is 14.4. The Bertz CT molecular complexity index is 938. The molecule has 1 spiro atoms. The third-order valence-corrected chi connectivity index (χ3v) is 5.77. The Morgan fingerprint density at radius 1 is 1.12 bits per heavy atom. The third-order valence-electron chi connectivity index (χ3n) is 5.77. The predicted molar refractivity (Wildman–Crippen MR) is 96.2 cm³/mol. The maximum atomic E-state index is 14.0.